The first kappa shape index (κ1) is 9.87. The van der Waals surface area contributed by atoms with Crippen molar-refractivity contribution >= 4 is 6.41 Å². The Morgan fingerprint density at radius 2 is 2.36 bits per heavy atom. The summed E-state index contributed by atoms with van der Waals surface area (Å²) in [6.45, 7) is 7.36. The van der Waals surface area contributed by atoms with Gasteiger partial charge in [0.2, 0.25) is 0 Å². The van der Waals surface area contributed by atoms with E-state index in [1.165, 1.54) is 6.08 Å². The minimum absolute atomic E-state index is 0.469. The van der Waals surface area contributed by atoms with Crippen LogP contribution < -0.4 is 11.2 Å². The Morgan fingerprint density at radius 3 is 2.73 bits per heavy atom. The summed E-state index contributed by atoms with van der Waals surface area (Å²) in [4.78, 5) is 10.2. The molecule has 0 aliphatic carbocycles. The predicted octanol–water partition coefficient (Wildman–Crippen LogP) is -0.483. The van der Waals surface area contributed by atoms with Gasteiger partial charge >= 0.3 is 6.41 Å². The second kappa shape index (κ2) is 5.64. The molecule has 1 amide bonds. The Kier molecular flexibility index (Phi) is 5.06. The molecule has 3 N–H and O–H groups in total. The maximum atomic E-state index is 10.2. The lowest BCUT2D eigenvalue weighted by atomic mass is 10.5. The normalized spacial score (nSPS) is 11.7. The number of hydrazine groups is 1. The Morgan fingerprint density at radius 1 is 1.73 bits per heavy atom. The highest BCUT2D eigenvalue weighted by Crippen LogP contribution is 1.84. The van der Waals surface area contributed by atoms with Crippen molar-refractivity contribution in [3.63, 3.8) is 0 Å². The molecule has 0 aromatic heterocycles. The Hall–Kier alpha value is -1.13. The smallest absolute Gasteiger partial charge is 0.307 e. The van der Waals surface area contributed by atoms with Crippen molar-refractivity contribution in [2.75, 3.05) is 6.54 Å². The molecule has 0 bridgehead atoms. The molecule has 0 spiro atoms. The van der Waals surface area contributed by atoms with Crippen LogP contribution in [0.2, 0.25) is 0 Å². The second-order valence-electron chi connectivity index (χ2n) is 1.84. The molecule has 1 radical (unpaired) electrons. The van der Waals surface area contributed by atoms with E-state index in [1.54, 1.807) is 12.5 Å². The van der Waals surface area contributed by atoms with Gasteiger partial charge in [-0.05, 0) is 0 Å². The molecule has 0 aromatic carbocycles. The highest BCUT2D eigenvalue weighted by atomic mass is 16.1. The van der Waals surface area contributed by atoms with Crippen LogP contribution in [0.4, 0.5) is 0 Å². The van der Waals surface area contributed by atoms with Gasteiger partial charge < -0.3 is 5.73 Å². The van der Waals surface area contributed by atoms with Crippen molar-refractivity contribution in [3.05, 3.63) is 25.3 Å². The Bertz CT molecular complexity index is 147. The van der Waals surface area contributed by atoms with E-state index >= 15 is 0 Å². The number of hydrogen-bond donors (Lipinski definition) is 2. The lowest BCUT2D eigenvalue weighted by Gasteiger charge is -2.20. The van der Waals surface area contributed by atoms with Crippen LogP contribution in [0.25, 0.3) is 0 Å². The number of amides is 1. The summed E-state index contributed by atoms with van der Waals surface area (Å²) < 4.78 is 0. The lowest BCUT2D eigenvalue weighted by Crippen LogP contribution is -2.48. The van der Waals surface area contributed by atoms with Crippen molar-refractivity contribution in [3.8, 4) is 0 Å². The average molecular weight is 154 g/mol. The number of nitrogens with zero attached hydrogens (tertiary/aromatic N) is 1. The molecule has 61 valence electrons. The molecule has 1 unspecified atom stereocenters. The van der Waals surface area contributed by atoms with Gasteiger partial charge in [0.05, 0.1) is 0 Å². The molecule has 4 heteroatoms. The minimum Gasteiger partial charge on any atom is -0.307 e. The molecular formula is C7H12N3O. The van der Waals surface area contributed by atoms with E-state index in [-0.39, 0.29) is 0 Å². The van der Waals surface area contributed by atoms with Crippen LogP contribution in [0, 0.1) is 0 Å². The van der Waals surface area contributed by atoms with Crippen molar-refractivity contribution < 1.29 is 4.79 Å². The molecule has 0 rings (SSSR count). The van der Waals surface area contributed by atoms with Crippen LogP contribution in [-0.4, -0.2) is 24.1 Å². The number of nitrogens with two attached hydrogens (primary N) is 1. The van der Waals surface area contributed by atoms with Gasteiger partial charge in [0, 0.05) is 6.54 Å². The topological polar surface area (TPSA) is 58.4 Å². The fourth-order valence-corrected chi connectivity index (χ4v) is 0.467. The molecule has 1 atom stereocenters. The lowest BCUT2D eigenvalue weighted by molar-refractivity contribution is 0.263. The Labute approximate surface area is 66.3 Å². The molecular weight excluding hydrogens is 142 g/mol. The van der Waals surface area contributed by atoms with Crippen LogP contribution in [0.5, 0.6) is 0 Å². The minimum atomic E-state index is -0.549. The van der Waals surface area contributed by atoms with Crippen molar-refractivity contribution in [2.45, 2.75) is 6.17 Å². The average Bonchev–Trinajstić information content (AvgIpc) is 2.05. The summed E-state index contributed by atoms with van der Waals surface area (Å²) >= 11 is 0. The van der Waals surface area contributed by atoms with Gasteiger partial charge in [0.15, 0.2) is 0 Å². The highest BCUT2D eigenvalue weighted by Gasteiger charge is 2.06. The van der Waals surface area contributed by atoms with Gasteiger partial charge in [-0.2, -0.15) is 0 Å². The van der Waals surface area contributed by atoms with E-state index in [0.29, 0.717) is 6.54 Å². The summed E-state index contributed by atoms with van der Waals surface area (Å²) in [5, 5.41) is 1.09. The summed E-state index contributed by atoms with van der Waals surface area (Å²) in [5.41, 5.74) is 8.08. The monoisotopic (exact) mass is 154 g/mol. The maximum absolute atomic E-state index is 10.2. The van der Waals surface area contributed by atoms with Crippen LogP contribution in [0.15, 0.2) is 25.3 Å². The zero-order chi connectivity index (χ0) is 8.69. The second-order valence-corrected chi connectivity index (χ2v) is 1.84. The van der Waals surface area contributed by atoms with Crippen LogP contribution >= 0.6 is 0 Å². The number of rotatable bonds is 6. The maximum Gasteiger partial charge on any atom is 0.329 e. The highest BCUT2D eigenvalue weighted by molar-refractivity contribution is 5.48. The molecule has 0 heterocycles. The summed E-state index contributed by atoms with van der Waals surface area (Å²) in [7, 11) is 0. The van der Waals surface area contributed by atoms with Gasteiger partial charge in [0.25, 0.3) is 0 Å². The standard InChI is InChI=1S/C7H12N3O/c1-3-5-9-10(6-11)7(8)4-2/h3-4,7,9H,1-2,5,8H2. The Balaban J connectivity index is 3.82. The fourth-order valence-electron chi connectivity index (χ4n) is 0.467. The van der Waals surface area contributed by atoms with E-state index in [0.717, 1.165) is 5.01 Å². The van der Waals surface area contributed by atoms with E-state index in [4.69, 9.17) is 5.73 Å². The van der Waals surface area contributed by atoms with E-state index < -0.39 is 6.17 Å². The zero-order valence-electron chi connectivity index (χ0n) is 6.29. The molecule has 0 saturated carbocycles. The molecule has 0 saturated heterocycles. The van der Waals surface area contributed by atoms with Gasteiger partial charge in [-0.1, -0.05) is 18.7 Å². The van der Waals surface area contributed by atoms with Crippen LogP contribution in [0.1, 0.15) is 0 Å². The van der Waals surface area contributed by atoms with Crippen molar-refractivity contribution in [1.29, 1.82) is 0 Å². The predicted molar refractivity (Wildman–Crippen MR) is 43.9 cm³/mol. The first-order valence-corrected chi connectivity index (χ1v) is 3.15. The molecule has 0 aliphatic heterocycles. The number of nitrogens with one attached hydrogen (secondary N) is 1. The summed E-state index contributed by atoms with van der Waals surface area (Å²) in [6.07, 6.45) is 4.11. The third-order valence-electron chi connectivity index (χ3n) is 1.04. The molecule has 4 nitrogen and oxygen atoms in total. The molecule has 0 aliphatic rings. The van der Waals surface area contributed by atoms with Crippen LogP contribution in [0.3, 0.4) is 0 Å². The molecule has 0 aromatic rings. The first-order chi connectivity index (χ1) is 5.26. The third kappa shape index (κ3) is 3.54. The SMILES string of the molecule is C=CCNN([C]=O)C(N)C=C. The van der Waals surface area contributed by atoms with Crippen LogP contribution in [-0.2, 0) is 4.79 Å². The van der Waals surface area contributed by atoms with E-state index in [9.17, 15) is 4.79 Å². The van der Waals surface area contributed by atoms with Gasteiger partial charge in [-0.3, -0.25) is 4.79 Å². The summed E-state index contributed by atoms with van der Waals surface area (Å²) in [5.74, 6) is 0. The van der Waals surface area contributed by atoms with Crippen molar-refractivity contribution in [2.24, 2.45) is 5.73 Å². The number of carbonyl (C=O) groups excluding carboxylic acids is 1. The van der Waals surface area contributed by atoms with Gasteiger partial charge in [-0.25, -0.2) is 10.4 Å². The first-order valence-electron chi connectivity index (χ1n) is 3.15. The third-order valence-corrected chi connectivity index (χ3v) is 1.04. The molecule has 0 fully saturated rings. The van der Waals surface area contributed by atoms with E-state index in [2.05, 4.69) is 18.6 Å². The van der Waals surface area contributed by atoms with Crippen molar-refractivity contribution in [1.82, 2.24) is 10.4 Å². The summed E-state index contributed by atoms with van der Waals surface area (Å²) in [6, 6.07) is 0. The quantitative estimate of drug-likeness (QED) is 0.235. The number of hydrogen-bond acceptors (Lipinski definition) is 3. The zero-order valence-corrected chi connectivity index (χ0v) is 6.29. The molecule has 11 heavy (non-hydrogen) atoms. The largest absolute Gasteiger partial charge is 0.329 e. The van der Waals surface area contributed by atoms with Gasteiger partial charge in [-0.15, -0.1) is 6.58 Å². The van der Waals surface area contributed by atoms with Gasteiger partial charge in [0.1, 0.15) is 6.17 Å². The fraction of sp³-hybridized carbons (Fsp3) is 0.286. The van der Waals surface area contributed by atoms with E-state index in [1.807, 2.05) is 0 Å².